The first-order valence-corrected chi connectivity index (χ1v) is 13.7. The highest BCUT2D eigenvalue weighted by atomic mass is 19.4. The number of benzene rings is 1. The monoisotopic (exact) mass is 594 g/mol. The number of Topliss-reactive ketones (excluding diaryl/α,β-unsaturated/α-hetero) is 1. The summed E-state index contributed by atoms with van der Waals surface area (Å²) in [6.45, 7) is 9.77. The molecule has 42 heavy (non-hydrogen) atoms. The summed E-state index contributed by atoms with van der Waals surface area (Å²) in [4.78, 5) is 25.2. The molecule has 232 valence electrons. The quantitative estimate of drug-likeness (QED) is 0.159. The Hall–Kier alpha value is -3.21. The van der Waals surface area contributed by atoms with Gasteiger partial charge in [0.05, 0.1) is 6.10 Å². The number of hydrogen-bond donors (Lipinski definition) is 2. The van der Waals surface area contributed by atoms with Gasteiger partial charge in [0.25, 0.3) is 11.4 Å². The van der Waals surface area contributed by atoms with Gasteiger partial charge in [-0.2, -0.15) is 13.2 Å². The van der Waals surface area contributed by atoms with Gasteiger partial charge in [-0.05, 0) is 46.1 Å². The number of halogens is 3. The lowest BCUT2D eigenvalue weighted by Crippen LogP contribution is -2.53. The van der Waals surface area contributed by atoms with Gasteiger partial charge in [0, 0.05) is 37.5 Å². The highest BCUT2D eigenvalue weighted by molar-refractivity contribution is 6.02. The van der Waals surface area contributed by atoms with Gasteiger partial charge in [-0.15, -0.1) is 0 Å². The number of aliphatic hydroxyl groups is 2. The summed E-state index contributed by atoms with van der Waals surface area (Å²) in [5.41, 5.74) is -1.90. The molecule has 2 N–H and O–H groups in total. The molecule has 0 amide bonds. The number of carbonyl (C=O) groups excluding carboxylic acids is 2. The number of ether oxygens (including phenoxy) is 3. The Morgan fingerprint density at radius 1 is 1.19 bits per heavy atom. The van der Waals surface area contributed by atoms with E-state index in [4.69, 9.17) is 14.2 Å². The lowest BCUT2D eigenvalue weighted by molar-refractivity contribution is -0.278. The molecule has 0 bridgehead atoms. The van der Waals surface area contributed by atoms with E-state index in [1.165, 1.54) is 37.3 Å². The molecule has 1 aliphatic heterocycles. The Kier molecular flexibility index (Phi) is 11.9. The average molecular weight is 595 g/mol. The van der Waals surface area contributed by atoms with Crippen LogP contribution >= 0.6 is 0 Å². The van der Waals surface area contributed by atoms with Crippen LogP contribution in [0.4, 0.5) is 13.2 Å². The van der Waals surface area contributed by atoms with E-state index in [9.17, 15) is 33.0 Å². The van der Waals surface area contributed by atoms with Gasteiger partial charge in [0.2, 0.25) is 5.78 Å². The van der Waals surface area contributed by atoms with E-state index in [0.717, 1.165) is 12.7 Å². The van der Waals surface area contributed by atoms with Crippen molar-refractivity contribution >= 4 is 11.8 Å². The Bertz CT molecular complexity index is 1230. The standard InChI is InChI=1S/C32H41F3O7/c1-8-21(3)27(41-29(38)31(40-7,32(33,34)35)24-15-10-9-11-16-24)22(4)14-12-13-20(2)17-18-25(36)19-26-23(5)28(37)30(6,39)42-26/h8-16,22,25,27,36,39H,17-19H2,1-7H3/b14-12+,20-13+,21-8+/t22-,25-,27+,30?,31+/m1/s1. The number of carbonyl (C=O) groups is 2. The molecule has 10 heteroatoms. The van der Waals surface area contributed by atoms with Crippen molar-refractivity contribution in [2.24, 2.45) is 5.92 Å². The molecule has 0 spiro atoms. The average Bonchev–Trinajstić information content (AvgIpc) is 3.12. The molecule has 0 aromatic heterocycles. The molecule has 7 nitrogen and oxygen atoms in total. The van der Waals surface area contributed by atoms with Crippen LogP contribution in [0.5, 0.6) is 0 Å². The van der Waals surface area contributed by atoms with Crippen molar-refractivity contribution in [3.05, 3.63) is 82.7 Å². The Morgan fingerprint density at radius 3 is 2.31 bits per heavy atom. The van der Waals surface area contributed by atoms with Crippen LogP contribution < -0.4 is 0 Å². The van der Waals surface area contributed by atoms with Crippen molar-refractivity contribution in [3.8, 4) is 0 Å². The molecular formula is C32H41F3O7. The van der Waals surface area contributed by atoms with E-state index in [-0.39, 0.29) is 23.3 Å². The normalized spacial score (nSPS) is 22.1. The largest absolute Gasteiger partial charge is 0.459 e. The molecule has 1 unspecified atom stereocenters. The predicted molar refractivity (Wildman–Crippen MR) is 152 cm³/mol. The molecule has 5 atom stereocenters. The van der Waals surface area contributed by atoms with Gasteiger partial charge < -0.3 is 24.4 Å². The van der Waals surface area contributed by atoms with Gasteiger partial charge in [0.1, 0.15) is 11.9 Å². The highest BCUT2D eigenvalue weighted by Crippen LogP contribution is 2.43. The molecule has 0 saturated carbocycles. The van der Waals surface area contributed by atoms with Crippen molar-refractivity contribution in [3.63, 3.8) is 0 Å². The fourth-order valence-electron chi connectivity index (χ4n) is 4.69. The first-order chi connectivity index (χ1) is 19.5. The number of rotatable bonds is 13. The number of alkyl halides is 3. The molecular weight excluding hydrogens is 553 g/mol. The zero-order valence-corrected chi connectivity index (χ0v) is 25.1. The molecule has 1 aromatic carbocycles. The minimum atomic E-state index is -5.08. The number of ketones is 1. The van der Waals surface area contributed by atoms with Crippen LogP contribution in [0.3, 0.4) is 0 Å². The van der Waals surface area contributed by atoms with E-state index in [1.54, 1.807) is 52.0 Å². The summed E-state index contributed by atoms with van der Waals surface area (Å²) in [7, 11) is 0.829. The summed E-state index contributed by atoms with van der Waals surface area (Å²) in [6.07, 6.45) is 1.04. The second kappa shape index (κ2) is 14.3. The number of aliphatic hydroxyl groups excluding tert-OH is 1. The molecule has 0 fully saturated rings. The molecule has 0 saturated heterocycles. The Labute approximate surface area is 245 Å². The maximum absolute atomic E-state index is 14.3. The van der Waals surface area contributed by atoms with Crippen molar-refractivity contribution in [1.29, 1.82) is 0 Å². The fraction of sp³-hybridized carbons (Fsp3) is 0.500. The summed E-state index contributed by atoms with van der Waals surface area (Å²) < 4.78 is 58.7. The van der Waals surface area contributed by atoms with Crippen LogP contribution in [-0.4, -0.2) is 53.2 Å². The van der Waals surface area contributed by atoms with Crippen LogP contribution in [-0.2, 0) is 29.4 Å². The Balaban J connectivity index is 2.11. The number of allylic oxidation sites excluding steroid dienone is 4. The van der Waals surface area contributed by atoms with Gasteiger partial charge >= 0.3 is 12.1 Å². The first kappa shape index (κ1) is 35.0. The van der Waals surface area contributed by atoms with Gasteiger partial charge in [-0.1, -0.05) is 67.1 Å². The van der Waals surface area contributed by atoms with Crippen molar-refractivity contribution < 1.29 is 47.2 Å². The molecule has 0 aliphatic carbocycles. The lowest BCUT2D eigenvalue weighted by Gasteiger charge is -2.34. The number of hydrogen-bond acceptors (Lipinski definition) is 7. The minimum Gasteiger partial charge on any atom is -0.459 e. The topological polar surface area (TPSA) is 102 Å². The van der Waals surface area contributed by atoms with E-state index >= 15 is 0 Å². The number of methoxy groups -OCH3 is 1. The molecule has 0 radical (unpaired) electrons. The van der Waals surface area contributed by atoms with Crippen molar-refractivity contribution in [1.82, 2.24) is 0 Å². The number of esters is 1. The van der Waals surface area contributed by atoms with E-state index < -0.39 is 47.4 Å². The summed E-state index contributed by atoms with van der Waals surface area (Å²) >= 11 is 0. The summed E-state index contributed by atoms with van der Waals surface area (Å²) in [6, 6.07) is 6.67. The first-order valence-electron chi connectivity index (χ1n) is 13.7. The minimum absolute atomic E-state index is 0.0907. The van der Waals surface area contributed by atoms with Crippen LogP contribution in [0.1, 0.15) is 66.4 Å². The van der Waals surface area contributed by atoms with Crippen molar-refractivity contribution in [2.45, 2.75) is 90.6 Å². The maximum atomic E-state index is 14.3. The third kappa shape index (κ3) is 7.99. The summed E-state index contributed by atoms with van der Waals surface area (Å²) in [5, 5.41) is 20.4. The maximum Gasteiger partial charge on any atom is 0.432 e. The van der Waals surface area contributed by atoms with Crippen LogP contribution in [0.25, 0.3) is 0 Å². The van der Waals surface area contributed by atoms with Crippen LogP contribution in [0.2, 0.25) is 0 Å². The zero-order chi connectivity index (χ0) is 31.9. The lowest BCUT2D eigenvalue weighted by atomic mass is 9.91. The van der Waals surface area contributed by atoms with Crippen LogP contribution in [0.15, 0.2) is 77.1 Å². The Morgan fingerprint density at radius 2 is 1.81 bits per heavy atom. The van der Waals surface area contributed by atoms with Gasteiger partial charge in [-0.3, -0.25) is 4.79 Å². The van der Waals surface area contributed by atoms with Gasteiger partial charge in [0.15, 0.2) is 0 Å². The molecule has 1 heterocycles. The van der Waals surface area contributed by atoms with E-state index in [1.807, 2.05) is 6.92 Å². The third-order valence-electron chi connectivity index (χ3n) is 7.38. The third-order valence-corrected chi connectivity index (χ3v) is 7.38. The second-order valence-electron chi connectivity index (χ2n) is 10.7. The van der Waals surface area contributed by atoms with E-state index in [0.29, 0.717) is 18.4 Å². The molecule has 1 aromatic rings. The molecule has 2 rings (SSSR count). The molecule has 1 aliphatic rings. The van der Waals surface area contributed by atoms with E-state index in [2.05, 4.69) is 0 Å². The highest BCUT2D eigenvalue weighted by Gasteiger charge is 2.64. The predicted octanol–water partition coefficient (Wildman–Crippen LogP) is 6.22. The second-order valence-corrected chi connectivity index (χ2v) is 10.7. The smallest absolute Gasteiger partial charge is 0.432 e. The van der Waals surface area contributed by atoms with Crippen molar-refractivity contribution in [2.75, 3.05) is 7.11 Å². The SMILES string of the molecule is C/C=C(\C)[C@H](OC(=O)[C@@](OC)(c1ccccc1)C(F)(F)F)[C@H](C)/C=C/C=C(\C)CC[C@@H](O)CC1=C(C)C(=O)C(C)(O)O1. The zero-order valence-electron chi connectivity index (χ0n) is 25.1. The van der Waals surface area contributed by atoms with Gasteiger partial charge in [-0.25, -0.2) is 4.79 Å². The summed E-state index contributed by atoms with van der Waals surface area (Å²) in [5.74, 6) is -4.21. The fourth-order valence-corrected chi connectivity index (χ4v) is 4.69. The van der Waals surface area contributed by atoms with Crippen LogP contribution in [0, 0.1) is 5.92 Å².